The van der Waals surface area contributed by atoms with E-state index in [2.05, 4.69) is 10.6 Å². The zero-order valence-electron chi connectivity index (χ0n) is 27.2. The number of alkyl carbamates (subject to hydrolysis) is 1. The molecule has 0 aliphatic rings. The fraction of sp³-hybridized carbons (Fsp3) is 0.529. The lowest BCUT2D eigenvalue weighted by molar-refractivity contribution is -0.144. The molecule has 10 nitrogen and oxygen atoms in total. The van der Waals surface area contributed by atoms with Crippen LogP contribution >= 0.6 is 0 Å². The average molecular weight is 612 g/mol. The molecule has 0 spiro atoms. The molecule has 0 radical (unpaired) electrons. The molecule has 0 fully saturated rings. The van der Waals surface area contributed by atoms with Crippen molar-refractivity contribution in [1.82, 2.24) is 15.5 Å². The van der Waals surface area contributed by atoms with Crippen molar-refractivity contribution in [3.63, 3.8) is 0 Å². The molecule has 3 amide bonds. The summed E-state index contributed by atoms with van der Waals surface area (Å²) in [5, 5.41) is 15.4. The van der Waals surface area contributed by atoms with Crippen LogP contribution < -0.4 is 10.6 Å². The molecule has 3 N–H and O–H groups in total. The zero-order chi connectivity index (χ0) is 32.9. The molecule has 242 valence electrons. The number of benzene rings is 2. The number of rotatable bonds is 15. The number of carbonyl (C=O) groups excluding carboxylic acids is 4. The number of amides is 3. The summed E-state index contributed by atoms with van der Waals surface area (Å²) in [6.45, 7) is 13.4. The molecule has 2 aromatic rings. The van der Waals surface area contributed by atoms with Crippen LogP contribution in [0.15, 0.2) is 42.5 Å². The number of nitrogens with one attached hydrogen (secondary N) is 2. The number of hydrogen-bond donors (Lipinski definition) is 3. The number of unbranched alkanes of at least 4 members (excludes halogenated alkanes) is 2. The summed E-state index contributed by atoms with van der Waals surface area (Å²) < 4.78 is 10.5. The van der Waals surface area contributed by atoms with Crippen LogP contribution in [0.2, 0.25) is 0 Å². The summed E-state index contributed by atoms with van der Waals surface area (Å²) in [4.78, 5) is 54.9. The summed E-state index contributed by atoms with van der Waals surface area (Å²) in [6, 6.07) is 10.0. The van der Waals surface area contributed by atoms with E-state index in [-0.39, 0.29) is 38.3 Å². The van der Waals surface area contributed by atoms with E-state index in [9.17, 15) is 24.3 Å². The number of nitrogens with zero attached hydrogens (tertiary/aromatic N) is 1. The number of aryl methyl sites for hydroxylation is 2. The molecule has 0 bridgehead atoms. The number of ether oxygens (including phenoxy) is 2. The lowest BCUT2D eigenvalue weighted by atomic mass is 9.97. The van der Waals surface area contributed by atoms with Crippen molar-refractivity contribution < 1.29 is 33.8 Å². The number of hydrogen-bond acceptors (Lipinski definition) is 7. The number of esters is 1. The SMILES string of the molecule is CCCCCN(C(=O)C(Cc1ccc(O)cc1)NC(=O)OC(C)(C)C)C(C(=O)NCCC(=O)OCC)c1cc(C)cc(C)c1. The Bertz CT molecular complexity index is 1230. The molecule has 0 aliphatic carbocycles. The van der Waals surface area contributed by atoms with Crippen molar-refractivity contribution in [2.24, 2.45) is 0 Å². The molecule has 0 heterocycles. The second-order valence-electron chi connectivity index (χ2n) is 12.0. The summed E-state index contributed by atoms with van der Waals surface area (Å²) in [5.41, 5.74) is 2.39. The minimum absolute atomic E-state index is 0.00734. The first-order valence-electron chi connectivity index (χ1n) is 15.3. The van der Waals surface area contributed by atoms with Gasteiger partial charge in [0.25, 0.3) is 0 Å². The highest BCUT2D eigenvalue weighted by Crippen LogP contribution is 2.26. The highest BCUT2D eigenvalue weighted by Gasteiger charge is 2.36. The van der Waals surface area contributed by atoms with Gasteiger partial charge in [0.05, 0.1) is 13.0 Å². The predicted molar refractivity (Wildman–Crippen MR) is 169 cm³/mol. The third-order valence-electron chi connectivity index (χ3n) is 6.70. The fourth-order valence-corrected chi connectivity index (χ4v) is 4.87. The van der Waals surface area contributed by atoms with Gasteiger partial charge in [-0.2, -0.15) is 0 Å². The van der Waals surface area contributed by atoms with Crippen molar-refractivity contribution in [3.05, 3.63) is 64.7 Å². The highest BCUT2D eigenvalue weighted by atomic mass is 16.6. The van der Waals surface area contributed by atoms with Crippen LogP contribution in [0.3, 0.4) is 0 Å². The van der Waals surface area contributed by atoms with Crippen LogP contribution in [0, 0.1) is 13.8 Å². The molecule has 0 aromatic heterocycles. The average Bonchev–Trinajstić information content (AvgIpc) is 2.91. The summed E-state index contributed by atoms with van der Waals surface area (Å²) in [6.07, 6.45) is 1.70. The zero-order valence-corrected chi connectivity index (χ0v) is 27.2. The van der Waals surface area contributed by atoms with Gasteiger partial charge in [0.2, 0.25) is 11.8 Å². The standard InChI is InChI=1S/C34H49N3O7/c1-8-10-11-18-37(30(26-20-23(3)19-24(4)21-26)31(40)35-17-16-29(39)43-9-2)32(41)28(36-33(42)44-34(5,6)7)22-25-12-14-27(38)15-13-25/h12-15,19-21,28,30,38H,8-11,16-18,22H2,1-7H3,(H,35,40)(H,36,42). The summed E-state index contributed by atoms with van der Waals surface area (Å²) >= 11 is 0. The van der Waals surface area contributed by atoms with E-state index in [0.29, 0.717) is 17.5 Å². The molecule has 10 heteroatoms. The van der Waals surface area contributed by atoms with Crippen LogP contribution in [0.5, 0.6) is 5.75 Å². The van der Waals surface area contributed by atoms with E-state index < -0.39 is 41.6 Å². The monoisotopic (exact) mass is 611 g/mol. The Balaban J connectivity index is 2.56. The van der Waals surface area contributed by atoms with Crippen molar-refractivity contribution in [2.75, 3.05) is 19.7 Å². The second kappa shape index (κ2) is 17.3. The maximum atomic E-state index is 14.5. The van der Waals surface area contributed by atoms with E-state index in [4.69, 9.17) is 9.47 Å². The molecule has 2 atom stereocenters. The topological polar surface area (TPSA) is 134 Å². The molecule has 2 aromatic carbocycles. The molecule has 0 saturated heterocycles. The lowest BCUT2D eigenvalue weighted by Gasteiger charge is -2.35. The Morgan fingerprint density at radius 2 is 1.59 bits per heavy atom. The highest BCUT2D eigenvalue weighted by molar-refractivity contribution is 5.92. The summed E-state index contributed by atoms with van der Waals surface area (Å²) in [5.74, 6) is -1.25. The maximum absolute atomic E-state index is 14.5. The van der Waals surface area contributed by atoms with Gasteiger partial charge in [-0.15, -0.1) is 0 Å². The van der Waals surface area contributed by atoms with Gasteiger partial charge >= 0.3 is 12.1 Å². The number of aromatic hydroxyl groups is 1. The normalized spacial score (nSPS) is 12.5. The molecule has 44 heavy (non-hydrogen) atoms. The van der Waals surface area contributed by atoms with E-state index in [1.54, 1.807) is 39.8 Å². The van der Waals surface area contributed by atoms with Gasteiger partial charge in [-0.1, -0.05) is 61.2 Å². The Labute approximate surface area is 261 Å². The Morgan fingerprint density at radius 3 is 2.16 bits per heavy atom. The Hall–Kier alpha value is -4.08. The van der Waals surface area contributed by atoms with Crippen molar-refractivity contribution in [2.45, 2.75) is 98.3 Å². The third-order valence-corrected chi connectivity index (χ3v) is 6.70. The van der Waals surface area contributed by atoms with Gasteiger partial charge in [-0.05, 0) is 71.2 Å². The van der Waals surface area contributed by atoms with Crippen LogP contribution in [0.25, 0.3) is 0 Å². The lowest BCUT2D eigenvalue weighted by Crippen LogP contribution is -2.54. The van der Waals surface area contributed by atoms with Crippen molar-refractivity contribution in [3.8, 4) is 5.75 Å². The van der Waals surface area contributed by atoms with Crippen LogP contribution in [-0.4, -0.2) is 65.2 Å². The maximum Gasteiger partial charge on any atom is 0.408 e. The fourth-order valence-electron chi connectivity index (χ4n) is 4.87. The van der Waals surface area contributed by atoms with Gasteiger partial charge in [-0.25, -0.2) is 4.79 Å². The number of phenols is 1. The first-order valence-corrected chi connectivity index (χ1v) is 15.3. The minimum Gasteiger partial charge on any atom is -0.508 e. The molecule has 0 aliphatic heterocycles. The van der Waals surface area contributed by atoms with Gasteiger partial charge in [-0.3, -0.25) is 14.4 Å². The minimum atomic E-state index is -1.07. The first kappa shape index (κ1) is 36.1. The second-order valence-corrected chi connectivity index (χ2v) is 12.0. The molecular formula is C34H49N3O7. The molecule has 2 unspecified atom stereocenters. The van der Waals surface area contributed by atoms with Crippen LogP contribution in [-0.2, 0) is 30.3 Å². The van der Waals surface area contributed by atoms with Crippen LogP contribution in [0.4, 0.5) is 4.79 Å². The quantitative estimate of drug-likeness (QED) is 0.184. The van der Waals surface area contributed by atoms with Crippen LogP contribution in [0.1, 0.15) is 88.6 Å². The van der Waals surface area contributed by atoms with Gasteiger partial charge in [0.15, 0.2) is 0 Å². The number of carbonyl (C=O) groups is 4. The smallest absolute Gasteiger partial charge is 0.408 e. The van der Waals surface area contributed by atoms with E-state index >= 15 is 0 Å². The Kier molecular flexibility index (Phi) is 14.2. The largest absolute Gasteiger partial charge is 0.508 e. The molecule has 0 saturated carbocycles. The first-order chi connectivity index (χ1) is 20.7. The summed E-state index contributed by atoms with van der Waals surface area (Å²) in [7, 11) is 0. The Morgan fingerprint density at radius 1 is 0.955 bits per heavy atom. The molecular weight excluding hydrogens is 562 g/mol. The third kappa shape index (κ3) is 12.3. The predicted octanol–water partition coefficient (Wildman–Crippen LogP) is 5.27. The van der Waals surface area contributed by atoms with Gasteiger partial charge in [0.1, 0.15) is 23.4 Å². The van der Waals surface area contributed by atoms with Gasteiger partial charge < -0.3 is 30.1 Å². The van der Waals surface area contributed by atoms with E-state index in [1.165, 1.54) is 17.0 Å². The van der Waals surface area contributed by atoms with Crippen molar-refractivity contribution in [1.29, 1.82) is 0 Å². The number of phenolic OH excluding ortho intramolecular Hbond substituents is 1. The van der Waals surface area contributed by atoms with E-state index in [1.807, 2.05) is 39.0 Å². The molecule has 2 rings (SSSR count). The van der Waals surface area contributed by atoms with Crippen molar-refractivity contribution >= 4 is 23.9 Å². The van der Waals surface area contributed by atoms with Gasteiger partial charge in [0, 0.05) is 19.5 Å². The van der Waals surface area contributed by atoms with E-state index in [0.717, 1.165) is 24.0 Å².